The topological polar surface area (TPSA) is 40.5 Å². The van der Waals surface area contributed by atoms with Crippen LogP contribution in [0.4, 0.5) is 13.2 Å². The fraction of sp³-hybridized carbons (Fsp3) is 0.471. The van der Waals surface area contributed by atoms with Gasteiger partial charge in [0.25, 0.3) is 0 Å². The van der Waals surface area contributed by atoms with Crippen molar-refractivity contribution in [2.45, 2.75) is 44.0 Å². The molecule has 1 saturated carbocycles. The van der Waals surface area contributed by atoms with E-state index in [4.69, 9.17) is 0 Å². The van der Waals surface area contributed by atoms with Gasteiger partial charge in [0.2, 0.25) is 5.91 Å². The molecule has 1 N–H and O–H groups in total. The van der Waals surface area contributed by atoms with E-state index in [-0.39, 0.29) is 24.4 Å². The summed E-state index contributed by atoms with van der Waals surface area (Å²) in [6.45, 7) is 0.0689. The smallest absolute Gasteiger partial charge is 0.391 e. The molecule has 0 unspecified atom stereocenters. The summed E-state index contributed by atoms with van der Waals surface area (Å²) in [5, 5.41) is 9.88. The molecule has 0 radical (unpaired) electrons. The number of nitrogens with zero attached hydrogens (tertiary/aromatic N) is 1. The van der Waals surface area contributed by atoms with Crippen molar-refractivity contribution in [1.29, 1.82) is 0 Å². The van der Waals surface area contributed by atoms with Gasteiger partial charge in [-0.3, -0.25) is 4.79 Å². The van der Waals surface area contributed by atoms with Crippen LogP contribution in [0.15, 0.2) is 35.9 Å². The van der Waals surface area contributed by atoms with Crippen LogP contribution >= 0.6 is 0 Å². The molecule has 2 aliphatic rings. The van der Waals surface area contributed by atoms with Crippen molar-refractivity contribution in [2.75, 3.05) is 6.54 Å². The molecule has 6 heteroatoms. The van der Waals surface area contributed by atoms with Crippen LogP contribution in [0, 0.1) is 0 Å². The van der Waals surface area contributed by atoms with Crippen LogP contribution < -0.4 is 0 Å². The Balaban J connectivity index is 1.92. The number of aliphatic hydroxyl groups is 1. The van der Waals surface area contributed by atoms with Crippen molar-refractivity contribution in [3.05, 3.63) is 47.0 Å². The highest BCUT2D eigenvalue weighted by atomic mass is 19.4. The predicted molar refractivity (Wildman–Crippen MR) is 78.5 cm³/mol. The summed E-state index contributed by atoms with van der Waals surface area (Å²) >= 11 is 0. The molecule has 2 fully saturated rings. The van der Waals surface area contributed by atoms with Gasteiger partial charge < -0.3 is 10.0 Å². The molecule has 124 valence electrons. The van der Waals surface area contributed by atoms with Crippen LogP contribution in [0.2, 0.25) is 0 Å². The zero-order valence-electron chi connectivity index (χ0n) is 12.5. The lowest BCUT2D eigenvalue weighted by atomic mass is 9.92. The summed E-state index contributed by atoms with van der Waals surface area (Å²) in [4.78, 5) is 13.8. The number of alkyl halides is 3. The highest BCUT2D eigenvalue weighted by molar-refractivity contribution is 5.89. The Morgan fingerprint density at radius 2 is 1.96 bits per heavy atom. The molecule has 3 nitrogen and oxygen atoms in total. The van der Waals surface area contributed by atoms with Gasteiger partial charge >= 0.3 is 6.18 Å². The van der Waals surface area contributed by atoms with E-state index in [0.29, 0.717) is 0 Å². The SMILES string of the molecule is O=C(C=C1CCC1)N1C[C@@H](O)C[C@H]1c1ccccc1C(F)(F)F. The molecular weight excluding hydrogens is 307 g/mol. The van der Waals surface area contributed by atoms with Crippen LogP contribution in [-0.4, -0.2) is 28.6 Å². The summed E-state index contributed by atoms with van der Waals surface area (Å²) in [6, 6.07) is 4.53. The number of aliphatic hydroxyl groups excluding tert-OH is 1. The monoisotopic (exact) mass is 325 g/mol. The van der Waals surface area contributed by atoms with Gasteiger partial charge in [-0.15, -0.1) is 0 Å². The first-order valence-electron chi connectivity index (χ1n) is 7.70. The lowest BCUT2D eigenvalue weighted by molar-refractivity contribution is -0.139. The molecule has 1 aliphatic carbocycles. The van der Waals surface area contributed by atoms with E-state index in [1.807, 2.05) is 0 Å². The molecule has 2 atom stereocenters. The highest BCUT2D eigenvalue weighted by Crippen LogP contribution is 2.40. The fourth-order valence-corrected chi connectivity index (χ4v) is 3.18. The number of likely N-dealkylation sites (tertiary alicyclic amines) is 1. The summed E-state index contributed by atoms with van der Waals surface area (Å²) in [5.41, 5.74) is 0.337. The second-order valence-electron chi connectivity index (χ2n) is 6.14. The van der Waals surface area contributed by atoms with E-state index < -0.39 is 23.9 Å². The van der Waals surface area contributed by atoms with Gasteiger partial charge in [0.1, 0.15) is 0 Å². The third-order valence-corrected chi connectivity index (χ3v) is 4.51. The average molecular weight is 325 g/mol. The number of β-amino-alcohol motifs (C(OH)–C–C–N with tert-alkyl or cyclic N) is 1. The van der Waals surface area contributed by atoms with Gasteiger partial charge in [-0.2, -0.15) is 13.2 Å². The molecule has 23 heavy (non-hydrogen) atoms. The Morgan fingerprint density at radius 3 is 2.57 bits per heavy atom. The van der Waals surface area contributed by atoms with Gasteiger partial charge in [-0.1, -0.05) is 23.8 Å². The third-order valence-electron chi connectivity index (χ3n) is 4.51. The van der Waals surface area contributed by atoms with E-state index in [9.17, 15) is 23.1 Å². The first kappa shape index (κ1) is 16.1. The van der Waals surface area contributed by atoms with Crippen molar-refractivity contribution < 1.29 is 23.1 Å². The highest BCUT2D eigenvalue weighted by Gasteiger charge is 2.41. The quantitative estimate of drug-likeness (QED) is 0.846. The molecule has 1 amide bonds. The molecule has 3 rings (SSSR count). The Hall–Kier alpha value is -1.82. The number of carbonyl (C=O) groups excluding carboxylic acids is 1. The number of halogens is 3. The third kappa shape index (κ3) is 3.27. The van der Waals surface area contributed by atoms with Crippen LogP contribution in [0.25, 0.3) is 0 Å². The van der Waals surface area contributed by atoms with Gasteiger partial charge in [-0.25, -0.2) is 0 Å². The molecule has 1 saturated heterocycles. The number of benzene rings is 1. The number of hydrogen-bond acceptors (Lipinski definition) is 2. The maximum absolute atomic E-state index is 13.2. The normalized spacial score (nSPS) is 24.5. The Labute approximate surface area is 132 Å². The minimum atomic E-state index is -4.48. The second kappa shape index (κ2) is 6.00. The standard InChI is InChI=1S/C17H18F3NO2/c18-17(19,20)14-7-2-1-6-13(14)15-9-12(22)10-21(15)16(23)8-11-4-3-5-11/h1-2,6-8,12,15,22H,3-5,9-10H2/t12-,15-/m0/s1. The lowest BCUT2D eigenvalue weighted by Crippen LogP contribution is -2.31. The molecule has 0 spiro atoms. The minimum absolute atomic E-state index is 0.0527. The van der Waals surface area contributed by atoms with Gasteiger partial charge in [0.05, 0.1) is 17.7 Å². The number of allylic oxidation sites excluding steroid dienone is 1. The van der Waals surface area contributed by atoms with Gasteiger partial charge in [0.15, 0.2) is 0 Å². The van der Waals surface area contributed by atoms with Crippen molar-refractivity contribution in [2.24, 2.45) is 0 Å². The number of amides is 1. The van der Waals surface area contributed by atoms with E-state index in [2.05, 4.69) is 0 Å². The molecule has 0 bridgehead atoms. The predicted octanol–water partition coefficient (Wildman–Crippen LogP) is 3.45. The minimum Gasteiger partial charge on any atom is -0.391 e. The van der Waals surface area contributed by atoms with Gasteiger partial charge in [0, 0.05) is 12.6 Å². The lowest BCUT2D eigenvalue weighted by Gasteiger charge is -2.27. The van der Waals surface area contributed by atoms with E-state index in [1.54, 1.807) is 0 Å². The van der Waals surface area contributed by atoms with Crippen molar-refractivity contribution in [3.63, 3.8) is 0 Å². The molecule has 1 aromatic carbocycles. The van der Waals surface area contributed by atoms with E-state index in [1.165, 1.54) is 29.2 Å². The average Bonchev–Trinajstić information content (AvgIpc) is 2.84. The fourth-order valence-electron chi connectivity index (χ4n) is 3.18. The van der Waals surface area contributed by atoms with Crippen molar-refractivity contribution in [1.82, 2.24) is 4.90 Å². The van der Waals surface area contributed by atoms with Crippen molar-refractivity contribution in [3.8, 4) is 0 Å². The number of carbonyl (C=O) groups is 1. The zero-order chi connectivity index (χ0) is 16.6. The largest absolute Gasteiger partial charge is 0.416 e. The van der Waals surface area contributed by atoms with E-state index in [0.717, 1.165) is 30.9 Å². The maximum Gasteiger partial charge on any atom is 0.416 e. The Bertz CT molecular complexity index is 633. The summed E-state index contributed by atoms with van der Waals surface area (Å²) in [7, 11) is 0. The molecular formula is C17H18F3NO2. The molecule has 0 aromatic heterocycles. The van der Waals surface area contributed by atoms with Crippen LogP contribution in [0.1, 0.15) is 42.9 Å². The summed E-state index contributed by atoms with van der Waals surface area (Å²) < 4.78 is 39.7. The number of rotatable bonds is 2. The zero-order valence-corrected chi connectivity index (χ0v) is 12.5. The van der Waals surface area contributed by atoms with Gasteiger partial charge in [-0.05, 0) is 37.3 Å². The van der Waals surface area contributed by atoms with E-state index >= 15 is 0 Å². The molecule has 1 heterocycles. The maximum atomic E-state index is 13.2. The first-order valence-corrected chi connectivity index (χ1v) is 7.70. The van der Waals surface area contributed by atoms with Crippen molar-refractivity contribution >= 4 is 5.91 Å². The van der Waals surface area contributed by atoms with Crippen LogP contribution in [-0.2, 0) is 11.0 Å². The number of hydrogen-bond donors (Lipinski definition) is 1. The molecule has 1 aliphatic heterocycles. The van der Waals surface area contributed by atoms with Crippen LogP contribution in [0.3, 0.4) is 0 Å². The summed E-state index contributed by atoms with van der Waals surface area (Å²) in [5.74, 6) is -0.307. The Kier molecular flexibility index (Phi) is 4.19. The first-order chi connectivity index (χ1) is 10.9. The Morgan fingerprint density at radius 1 is 1.26 bits per heavy atom. The summed E-state index contributed by atoms with van der Waals surface area (Å²) in [6.07, 6.45) is -0.858. The second-order valence-corrected chi connectivity index (χ2v) is 6.14. The molecule has 1 aromatic rings. The van der Waals surface area contributed by atoms with Crippen LogP contribution in [0.5, 0.6) is 0 Å².